The minimum atomic E-state index is -1.89. The van der Waals surface area contributed by atoms with Crippen LogP contribution in [-0.4, -0.2) is 38.3 Å². The van der Waals surface area contributed by atoms with Crippen LogP contribution < -0.4 is 0 Å². The number of hydrogen-bond acceptors (Lipinski definition) is 1. The summed E-state index contributed by atoms with van der Waals surface area (Å²) in [5.41, 5.74) is 0. The summed E-state index contributed by atoms with van der Waals surface area (Å²) in [6, 6.07) is 6.83. The van der Waals surface area contributed by atoms with Crippen molar-refractivity contribution in [2.75, 3.05) is 0 Å². The van der Waals surface area contributed by atoms with E-state index in [4.69, 9.17) is 4.55 Å². The van der Waals surface area contributed by atoms with Crippen LogP contribution in [0.1, 0.15) is 0 Å². The monoisotopic (exact) mass is 244 g/mol. The van der Waals surface area contributed by atoms with Crippen LogP contribution in [-0.2, 0) is 11.1 Å². The molecule has 0 heterocycles. The summed E-state index contributed by atoms with van der Waals surface area (Å²) in [6.45, 7) is 0. The van der Waals surface area contributed by atoms with Gasteiger partial charge in [-0.05, 0) is 28.1 Å². The SMILES string of the molecule is O=S(O)c1ccccc1Br.[NaH]. The molecular formula is C6H6BrNaO2S. The molecule has 0 saturated carbocycles. The maximum absolute atomic E-state index is 10.5. The van der Waals surface area contributed by atoms with Crippen molar-refractivity contribution in [3.8, 4) is 0 Å². The van der Waals surface area contributed by atoms with Gasteiger partial charge in [-0.25, -0.2) is 4.21 Å². The molecule has 0 aliphatic carbocycles. The Kier molecular flexibility index (Phi) is 5.86. The molecule has 56 valence electrons. The third kappa shape index (κ3) is 3.36. The summed E-state index contributed by atoms with van der Waals surface area (Å²) < 4.78 is 19.8. The van der Waals surface area contributed by atoms with Crippen molar-refractivity contribution in [3.05, 3.63) is 28.7 Å². The fourth-order valence-corrected chi connectivity index (χ4v) is 1.72. The van der Waals surface area contributed by atoms with Crippen LogP contribution in [0.3, 0.4) is 0 Å². The molecule has 1 aromatic rings. The van der Waals surface area contributed by atoms with E-state index in [0.717, 1.165) is 0 Å². The zero-order valence-electron chi connectivity index (χ0n) is 4.95. The van der Waals surface area contributed by atoms with Crippen molar-refractivity contribution in [3.63, 3.8) is 0 Å². The van der Waals surface area contributed by atoms with Gasteiger partial charge in [-0.2, -0.15) is 0 Å². The van der Waals surface area contributed by atoms with Gasteiger partial charge in [0.15, 0.2) is 11.1 Å². The molecule has 1 unspecified atom stereocenters. The number of benzene rings is 1. The predicted molar refractivity (Wildman–Crippen MR) is 50.3 cm³/mol. The summed E-state index contributed by atoms with van der Waals surface area (Å²) in [6.07, 6.45) is 0. The summed E-state index contributed by atoms with van der Waals surface area (Å²) in [7, 11) is 0. The Morgan fingerprint density at radius 1 is 1.36 bits per heavy atom. The van der Waals surface area contributed by atoms with Gasteiger partial charge in [0.2, 0.25) is 0 Å². The molecule has 0 fully saturated rings. The first-order chi connectivity index (χ1) is 4.72. The average Bonchev–Trinajstić information content (AvgIpc) is 1.88. The Morgan fingerprint density at radius 3 is 2.27 bits per heavy atom. The molecule has 1 aromatic carbocycles. The van der Waals surface area contributed by atoms with Gasteiger partial charge in [0.05, 0.1) is 4.90 Å². The molecule has 0 aliphatic heterocycles. The molecule has 0 aliphatic rings. The van der Waals surface area contributed by atoms with E-state index in [1.165, 1.54) is 0 Å². The molecule has 1 atom stereocenters. The first-order valence-corrected chi connectivity index (χ1v) is 4.47. The number of rotatable bonds is 1. The van der Waals surface area contributed by atoms with Crippen molar-refractivity contribution >= 4 is 56.6 Å². The van der Waals surface area contributed by atoms with Crippen molar-refractivity contribution < 1.29 is 8.76 Å². The Morgan fingerprint density at radius 2 is 1.91 bits per heavy atom. The first-order valence-electron chi connectivity index (χ1n) is 2.57. The molecule has 0 saturated heterocycles. The first kappa shape index (κ1) is 11.8. The van der Waals surface area contributed by atoms with E-state index in [1.54, 1.807) is 24.3 Å². The van der Waals surface area contributed by atoms with E-state index in [1.807, 2.05) is 0 Å². The molecule has 0 bridgehead atoms. The van der Waals surface area contributed by atoms with Gasteiger partial charge in [-0.3, -0.25) is 0 Å². The zero-order valence-corrected chi connectivity index (χ0v) is 7.35. The topological polar surface area (TPSA) is 37.3 Å². The summed E-state index contributed by atoms with van der Waals surface area (Å²) in [5.74, 6) is 0. The average molecular weight is 245 g/mol. The van der Waals surface area contributed by atoms with E-state index in [-0.39, 0.29) is 29.6 Å². The third-order valence-electron chi connectivity index (χ3n) is 1.02. The quantitative estimate of drug-likeness (QED) is 0.599. The van der Waals surface area contributed by atoms with Gasteiger partial charge < -0.3 is 4.55 Å². The Hall–Kier alpha value is 0.810. The van der Waals surface area contributed by atoms with Crippen molar-refractivity contribution in [1.29, 1.82) is 0 Å². The molecule has 0 spiro atoms. The second-order valence-corrected chi connectivity index (χ2v) is 3.47. The molecule has 0 radical (unpaired) electrons. The standard InChI is InChI=1S/C6H5BrO2S.Na.H/c7-5-3-1-2-4-6(5)10(8)9;;/h1-4H,(H,8,9);;. The van der Waals surface area contributed by atoms with Crippen LogP contribution in [0.25, 0.3) is 0 Å². The van der Waals surface area contributed by atoms with Crippen LogP contribution in [0.15, 0.2) is 33.6 Å². The third-order valence-corrected chi connectivity index (χ3v) is 2.71. The number of halogens is 1. The van der Waals surface area contributed by atoms with Gasteiger partial charge in [-0.15, -0.1) is 0 Å². The Bertz CT molecular complexity index is 267. The minimum absolute atomic E-state index is 0. The maximum atomic E-state index is 10.5. The molecule has 0 amide bonds. The van der Waals surface area contributed by atoms with Gasteiger partial charge in [-0.1, -0.05) is 12.1 Å². The van der Waals surface area contributed by atoms with E-state index >= 15 is 0 Å². The van der Waals surface area contributed by atoms with Crippen LogP contribution in [0.5, 0.6) is 0 Å². The molecular weight excluding hydrogens is 239 g/mol. The molecule has 1 rings (SSSR count). The molecule has 2 nitrogen and oxygen atoms in total. The van der Waals surface area contributed by atoms with Crippen molar-refractivity contribution in [2.45, 2.75) is 4.90 Å². The van der Waals surface area contributed by atoms with Gasteiger partial charge in [0.25, 0.3) is 0 Å². The van der Waals surface area contributed by atoms with Gasteiger partial charge in [0.1, 0.15) is 0 Å². The summed E-state index contributed by atoms with van der Waals surface area (Å²) in [4.78, 5) is 0.405. The van der Waals surface area contributed by atoms with Gasteiger partial charge in [0, 0.05) is 4.47 Å². The molecule has 11 heavy (non-hydrogen) atoms. The number of hydrogen-bond donors (Lipinski definition) is 1. The Balaban J connectivity index is 0.000001000. The van der Waals surface area contributed by atoms with E-state index in [0.29, 0.717) is 9.37 Å². The van der Waals surface area contributed by atoms with Crippen molar-refractivity contribution in [2.24, 2.45) is 0 Å². The van der Waals surface area contributed by atoms with E-state index < -0.39 is 11.1 Å². The Labute approximate surface area is 98.1 Å². The normalized spacial score (nSPS) is 11.8. The molecule has 1 N–H and O–H groups in total. The fraction of sp³-hybridized carbons (Fsp3) is 0. The summed E-state index contributed by atoms with van der Waals surface area (Å²) >= 11 is 1.26. The van der Waals surface area contributed by atoms with Gasteiger partial charge >= 0.3 is 29.6 Å². The van der Waals surface area contributed by atoms with Crippen LogP contribution in [0.4, 0.5) is 0 Å². The van der Waals surface area contributed by atoms with Crippen molar-refractivity contribution in [1.82, 2.24) is 0 Å². The fourth-order valence-electron chi connectivity index (χ4n) is 0.586. The van der Waals surface area contributed by atoms with E-state index in [2.05, 4.69) is 15.9 Å². The second kappa shape index (κ2) is 5.45. The zero-order chi connectivity index (χ0) is 7.56. The van der Waals surface area contributed by atoms with Crippen LogP contribution >= 0.6 is 15.9 Å². The van der Waals surface area contributed by atoms with Crippen LogP contribution in [0.2, 0.25) is 0 Å². The van der Waals surface area contributed by atoms with Crippen LogP contribution in [0, 0.1) is 0 Å². The summed E-state index contributed by atoms with van der Waals surface area (Å²) in [5, 5.41) is 0. The molecule has 5 heteroatoms. The second-order valence-electron chi connectivity index (χ2n) is 1.68. The van der Waals surface area contributed by atoms with E-state index in [9.17, 15) is 4.21 Å². The molecule has 0 aromatic heterocycles. The predicted octanol–water partition coefficient (Wildman–Crippen LogP) is 1.38.